The number of nitrogens with one attached hydrogen (secondary N) is 2. The van der Waals surface area contributed by atoms with Gasteiger partial charge < -0.3 is 10.1 Å². The van der Waals surface area contributed by atoms with Crippen LogP contribution in [0.25, 0.3) is 0 Å². The Morgan fingerprint density at radius 1 is 1.52 bits per heavy atom. The number of aromatic nitrogens is 4. The summed E-state index contributed by atoms with van der Waals surface area (Å²) in [6.07, 6.45) is 0.790. The fourth-order valence-corrected chi connectivity index (χ4v) is 3.01. The molecule has 2 aromatic heterocycles. The monoisotopic (exact) mass is 357 g/mol. The van der Waals surface area contributed by atoms with E-state index in [1.54, 1.807) is 12.4 Å². The average molecular weight is 357 g/mol. The van der Waals surface area contributed by atoms with Gasteiger partial charge in [0, 0.05) is 43.7 Å². The molecule has 10 heteroatoms. The second-order valence-corrected chi connectivity index (χ2v) is 5.96. The summed E-state index contributed by atoms with van der Waals surface area (Å²) in [6.45, 7) is 0.288. The first-order valence-electron chi connectivity index (χ1n) is 7.84. The molecule has 3 rings (SSSR count). The lowest BCUT2D eigenvalue weighted by atomic mass is 9.90. The largest absolute Gasteiger partial charge is 0.435 e. The van der Waals surface area contributed by atoms with Crippen LogP contribution in [0.2, 0.25) is 0 Å². The number of hydrogen-bond acceptors (Lipinski definition) is 4. The van der Waals surface area contributed by atoms with Crippen molar-refractivity contribution in [3.05, 3.63) is 35.4 Å². The van der Waals surface area contributed by atoms with E-state index in [0.717, 1.165) is 10.2 Å². The lowest BCUT2D eigenvalue weighted by Gasteiger charge is -2.30. The molecule has 0 bridgehead atoms. The molecule has 0 saturated carbocycles. The normalized spacial score (nSPS) is 21.3. The van der Waals surface area contributed by atoms with Gasteiger partial charge in [-0.3, -0.25) is 14.6 Å². The quantitative estimate of drug-likeness (QED) is 0.876. The van der Waals surface area contributed by atoms with Crippen molar-refractivity contribution in [3.8, 4) is 0 Å². The molecule has 0 aliphatic carbocycles. The van der Waals surface area contributed by atoms with E-state index < -0.39 is 23.9 Å². The third kappa shape index (κ3) is 3.84. The highest BCUT2D eigenvalue weighted by molar-refractivity contribution is 5.79. The Morgan fingerprint density at radius 2 is 2.32 bits per heavy atom. The number of alkyl halides is 3. The summed E-state index contributed by atoms with van der Waals surface area (Å²) < 4.78 is 45.7. The van der Waals surface area contributed by atoms with Gasteiger partial charge in [-0.25, -0.2) is 0 Å². The Hall–Kier alpha value is -2.36. The van der Waals surface area contributed by atoms with Gasteiger partial charge in [0.2, 0.25) is 5.91 Å². The topological polar surface area (TPSA) is 84.8 Å². The van der Waals surface area contributed by atoms with Crippen LogP contribution in [0, 0.1) is 5.92 Å². The zero-order valence-corrected chi connectivity index (χ0v) is 13.5. The van der Waals surface area contributed by atoms with E-state index in [9.17, 15) is 18.0 Å². The van der Waals surface area contributed by atoms with Gasteiger partial charge in [0.25, 0.3) is 0 Å². The molecule has 3 heterocycles. The predicted molar refractivity (Wildman–Crippen MR) is 80.1 cm³/mol. The van der Waals surface area contributed by atoms with E-state index in [4.69, 9.17) is 4.74 Å². The van der Waals surface area contributed by atoms with E-state index in [1.807, 2.05) is 0 Å². The van der Waals surface area contributed by atoms with Gasteiger partial charge in [-0.2, -0.15) is 23.4 Å². The minimum Gasteiger partial charge on any atom is -0.373 e. The van der Waals surface area contributed by atoms with Crippen molar-refractivity contribution in [3.63, 3.8) is 0 Å². The van der Waals surface area contributed by atoms with E-state index >= 15 is 0 Å². The number of H-pyrrole nitrogens is 1. The Morgan fingerprint density at radius 3 is 3.00 bits per heavy atom. The summed E-state index contributed by atoms with van der Waals surface area (Å²) in [5.74, 6) is -0.819. The van der Waals surface area contributed by atoms with Crippen LogP contribution >= 0.6 is 0 Å². The zero-order chi connectivity index (χ0) is 18.0. The molecule has 0 spiro atoms. The number of rotatable bonds is 4. The second kappa shape index (κ2) is 6.87. The van der Waals surface area contributed by atoms with Crippen molar-refractivity contribution in [2.75, 3.05) is 6.61 Å². The number of hydrogen-bond donors (Lipinski definition) is 2. The summed E-state index contributed by atoms with van der Waals surface area (Å²) in [6, 6.07) is 0. The highest BCUT2D eigenvalue weighted by Crippen LogP contribution is 2.34. The summed E-state index contributed by atoms with van der Waals surface area (Å²) >= 11 is 0. The van der Waals surface area contributed by atoms with Crippen LogP contribution in [0.1, 0.15) is 35.8 Å². The number of carbonyl (C=O) groups excluding carboxylic acids is 1. The van der Waals surface area contributed by atoms with Crippen molar-refractivity contribution in [2.45, 2.75) is 31.7 Å². The Bertz CT molecular complexity index is 726. The molecule has 2 atom stereocenters. The molecule has 0 radical (unpaired) electrons. The molecule has 1 fully saturated rings. The molecule has 0 aromatic carbocycles. The Kier molecular flexibility index (Phi) is 4.80. The van der Waals surface area contributed by atoms with Crippen LogP contribution in [0.4, 0.5) is 13.2 Å². The van der Waals surface area contributed by atoms with Crippen molar-refractivity contribution in [1.29, 1.82) is 0 Å². The fourth-order valence-electron chi connectivity index (χ4n) is 3.01. The van der Waals surface area contributed by atoms with Gasteiger partial charge >= 0.3 is 6.18 Å². The lowest BCUT2D eigenvalue weighted by Crippen LogP contribution is -2.37. The SMILES string of the molecule is Cn1cc(CNC(=O)[C@@H]2CCCO[C@H]2c2cn[nH]c2)c(C(F)(F)F)n1. The van der Waals surface area contributed by atoms with Gasteiger partial charge in [0.05, 0.1) is 18.2 Å². The smallest absolute Gasteiger partial charge is 0.373 e. The standard InChI is InChI=1S/C15H18F3N5O2/c1-23-8-10(13(22-23)15(16,17)18)5-19-14(24)11-3-2-4-25-12(11)9-6-20-21-7-9/h6-8,11-12H,2-5H2,1H3,(H,19,24)(H,20,21)/t11-,12+/m1/s1. The van der Waals surface area contributed by atoms with Gasteiger partial charge in [0.15, 0.2) is 5.69 Å². The molecule has 136 valence electrons. The third-order valence-electron chi connectivity index (χ3n) is 4.13. The number of amides is 1. The highest BCUT2D eigenvalue weighted by Gasteiger charge is 2.38. The first-order chi connectivity index (χ1) is 11.9. The van der Waals surface area contributed by atoms with Crippen molar-refractivity contribution < 1.29 is 22.7 Å². The van der Waals surface area contributed by atoms with Crippen LogP contribution < -0.4 is 5.32 Å². The fraction of sp³-hybridized carbons (Fsp3) is 0.533. The number of halogens is 3. The van der Waals surface area contributed by atoms with Crippen molar-refractivity contribution in [2.24, 2.45) is 13.0 Å². The van der Waals surface area contributed by atoms with Crippen LogP contribution in [-0.4, -0.2) is 32.5 Å². The first kappa shape index (κ1) is 17.5. The lowest BCUT2D eigenvalue weighted by molar-refractivity contribution is -0.142. The molecular weight excluding hydrogens is 339 g/mol. The number of nitrogens with zero attached hydrogens (tertiary/aromatic N) is 3. The zero-order valence-electron chi connectivity index (χ0n) is 13.5. The number of aryl methyl sites for hydroxylation is 1. The van der Waals surface area contributed by atoms with Crippen LogP contribution in [0.3, 0.4) is 0 Å². The molecule has 1 aliphatic heterocycles. The summed E-state index contributed by atoms with van der Waals surface area (Å²) in [7, 11) is 1.41. The number of carbonyl (C=O) groups is 1. The molecule has 2 aromatic rings. The van der Waals surface area contributed by atoms with E-state index in [2.05, 4.69) is 20.6 Å². The molecule has 25 heavy (non-hydrogen) atoms. The molecule has 1 amide bonds. The number of ether oxygens (including phenoxy) is 1. The molecule has 1 aliphatic rings. The maximum Gasteiger partial charge on any atom is 0.435 e. The van der Waals surface area contributed by atoms with Crippen LogP contribution in [0.15, 0.2) is 18.6 Å². The molecule has 2 N–H and O–H groups in total. The summed E-state index contributed by atoms with van der Waals surface area (Å²) in [4.78, 5) is 12.5. The molecule has 7 nitrogen and oxygen atoms in total. The van der Waals surface area contributed by atoms with E-state index in [1.165, 1.54) is 13.2 Å². The minimum atomic E-state index is -4.56. The van der Waals surface area contributed by atoms with E-state index in [0.29, 0.717) is 19.4 Å². The first-order valence-corrected chi connectivity index (χ1v) is 7.84. The summed E-state index contributed by atoms with van der Waals surface area (Å²) in [5.41, 5.74) is -0.307. The van der Waals surface area contributed by atoms with Gasteiger partial charge in [-0.15, -0.1) is 0 Å². The second-order valence-electron chi connectivity index (χ2n) is 5.96. The predicted octanol–water partition coefficient (Wildman–Crippen LogP) is 1.95. The molecular formula is C15H18F3N5O2. The summed E-state index contributed by atoms with van der Waals surface area (Å²) in [5, 5.41) is 12.5. The maximum atomic E-state index is 13.0. The third-order valence-corrected chi connectivity index (χ3v) is 4.13. The van der Waals surface area contributed by atoms with Crippen molar-refractivity contribution >= 4 is 5.91 Å². The van der Waals surface area contributed by atoms with E-state index in [-0.39, 0.29) is 18.0 Å². The maximum absolute atomic E-state index is 13.0. The number of aromatic amines is 1. The Balaban J connectivity index is 1.70. The Labute approximate surface area is 141 Å². The van der Waals surface area contributed by atoms with Gasteiger partial charge in [0.1, 0.15) is 0 Å². The average Bonchev–Trinajstić information content (AvgIpc) is 3.21. The molecule has 1 saturated heterocycles. The minimum absolute atomic E-state index is 0.0695. The van der Waals surface area contributed by atoms with Crippen LogP contribution in [-0.2, 0) is 29.3 Å². The van der Waals surface area contributed by atoms with Gasteiger partial charge in [-0.05, 0) is 12.8 Å². The van der Waals surface area contributed by atoms with Crippen molar-refractivity contribution in [1.82, 2.24) is 25.3 Å². The molecule has 0 unspecified atom stereocenters. The highest BCUT2D eigenvalue weighted by atomic mass is 19.4. The van der Waals surface area contributed by atoms with Crippen LogP contribution in [0.5, 0.6) is 0 Å². The van der Waals surface area contributed by atoms with Gasteiger partial charge in [-0.1, -0.05) is 0 Å².